The molecule has 1 N–H and O–H groups in total. The third kappa shape index (κ3) is 4.32. The molecular formula is C13H19Cl2N. The second-order valence-electron chi connectivity index (χ2n) is 4.56. The monoisotopic (exact) mass is 259 g/mol. The summed E-state index contributed by atoms with van der Waals surface area (Å²) in [5.41, 5.74) is 1.12. The summed E-state index contributed by atoms with van der Waals surface area (Å²) in [5.74, 6) is 0.676. The molecule has 0 aliphatic heterocycles. The summed E-state index contributed by atoms with van der Waals surface area (Å²) >= 11 is 12.1. The van der Waals surface area contributed by atoms with Crippen LogP contribution in [0.3, 0.4) is 0 Å². The van der Waals surface area contributed by atoms with Crippen molar-refractivity contribution in [2.75, 3.05) is 7.05 Å². The molecule has 0 aliphatic rings. The van der Waals surface area contributed by atoms with Gasteiger partial charge in [0, 0.05) is 16.1 Å². The molecule has 1 nitrogen and oxygen atoms in total. The first-order valence-corrected chi connectivity index (χ1v) is 6.39. The van der Waals surface area contributed by atoms with Gasteiger partial charge >= 0.3 is 0 Å². The van der Waals surface area contributed by atoms with Gasteiger partial charge in [-0.25, -0.2) is 0 Å². The smallest absolute Gasteiger partial charge is 0.0439 e. The maximum Gasteiger partial charge on any atom is 0.0439 e. The van der Waals surface area contributed by atoms with E-state index >= 15 is 0 Å². The van der Waals surface area contributed by atoms with Crippen LogP contribution in [0.5, 0.6) is 0 Å². The number of rotatable bonds is 5. The third-order valence-electron chi connectivity index (χ3n) is 2.64. The summed E-state index contributed by atoms with van der Waals surface area (Å²) < 4.78 is 0. The first-order valence-electron chi connectivity index (χ1n) is 5.64. The van der Waals surface area contributed by atoms with E-state index in [1.54, 1.807) is 0 Å². The average Bonchev–Trinajstić information content (AvgIpc) is 2.21. The molecule has 0 radical (unpaired) electrons. The highest BCUT2D eigenvalue weighted by Gasteiger charge is 2.11. The largest absolute Gasteiger partial charge is 0.317 e. The lowest BCUT2D eigenvalue weighted by atomic mass is 9.97. The molecule has 1 aromatic rings. The second kappa shape index (κ2) is 6.48. The van der Waals surface area contributed by atoms with E-state index in [0.717, 1.165) is 28.5 Å². The Hall–Kier alpha value is -0.240. The summed E-state index contributed by atoms with van der Waals surface area (Å²) in [4.78, 5) is 0. The Kier molecular flexibility index (Phi) is 5.60. The molecule has 0 spiro atoms. The maximum atomic E-state index is 6.15. The van der Waals surface area contributed by atoms with Gasteiger partial charge in [-0.2, -0.15) is 0 Å². The highest BCUT2D eigenvalue weighted by atomic mass is 35.5. The lowest BCUT2D eigenvalue weighted by Crippen LogP contribution is -2.29. The predicted octanol–water partition coefficient (Wildman–Crippen LogP) is 4.17. The van der Waals surface area contributed by atoms with Crippen LogP contribution in [0.1, 0.15) is 25.8 Å². The van der Waals surface area contributed by atoms with Gasteiger partial charge in [-0.3, -0.25) is 0 Å². The minimum Gasteiger partial charge on any atom is -0.317 e. The van der Waals surface area contributed by atoms with Crippen LogP contribution in [-0.2, 0) is 6.42 Å². The number of likely N-dealkylation sites (N-methyl/N-ethyl adjacent to an activating group) is 1. The molecule has 0 heterocycles. The van der Waals surface area contributed by atoms with E-state index in [0.29, 0.717) is 12.0 Å². The molecule has 0 aliphatic carbocycles. The summed E-state index contributed by atoms with van der Waals surface area (Å²) in [7, 11) is 1.99. The van der Waals surface area contributed by atoms with Gasteiger partial charge in [0.2, 0.25) is 0 Å². The molecule has 1 atom stereocenters. The van der Waals surface area contributed by atoms with E-state index in [9.17, 15) is 0 Å². The molecule has 1 unspecified atom stereocenters. The van der Waals surface area contributed by atoms with Gasteiger partial charge in [-0.15, -0.1) is 0 Å². The van der Waals surface area contributed by atoms with Crippen LogP contribution in [0.2, 0.25) is 10.0 Å². The van der Waals surface area contributed by atoms with Gasteiger partial charge in [0.1, 0.15) is 0 Å². The molecule has 90 valence electrons. The Morgan fingerprint density at radius 3 is 2.50 bits per heavy atom. The van der Waals surface area contributed by atoms with Crippen LogP contribution in [0, 0.1) is 5.92 Å². The molecule has 0 saturated heterocycles. The van der Waals surface area contributed by atoms with Crippen LogP contribution >= 0.6 is 23.2 Å². The lowest BCUT2D eigenvalue weighted by Gasteiger charge is -2.19. The minimum atomic E-state index is 0.455. The average molecular weight is 260 g/mol. The quantitative estimate of drug-likeness (QED) is 0.837. The van der Waals surface area contributed by atoms with Crippen molar-refractivity contribution in [3.8, 4) is 0 Å². The van der Waals surface area contributed by atoms with Gasteiger partial charge in [-0.05, 0) is 49.6 Å². The number of benzene rings is 1. The Morgan fingerprint density at radius 1 is 1.25 bits per heavy atom. The predicted molar refractivity (Wildman–Crippen MR) is 72.5 cm³/mol. The number of nitrogens with one attached hydrogen (secondary N) is 1. The van der Waals surface area contributed by atoms with Crippen molar-refractivity contribution >= 4 is 23.2 Å². The Labute approximate surface area is 108 Å². The van der Waals surface area contributed by atoms with Crippen molar-refractivity contribution in [2.45, 2.75) is 32.7 Å². The lowest BCUT2D eigenvalue weighted by molar-refractivity contribution is 0.441. The summed E-state index contributed by atoms with van der Waals surface area (Å²) in [5, 5.41) is 4.88. The molecule has 0 bridgehead atoms. The Balaban J connectivity index is 2.73. The molecule has 1 rings (SSSR count). The van der Waals surface area contributed by atoms with E-state index in [4.69, 9.17) is 23.2 Å². The van der Waals surface area contributed by atoms with Crippen LogP contribution in [0.4, 0.5) is 0 Å². The maximum absolute atomic E-state index is 6.15. The molecular weight excluding hydrogens is 241 g/mol. The molecule has 3 heteroatoms. The Morgan fingerprint density at radius 2 is 1.94 bits per heavy atom. The number of halogens is 2. The molecule has 16 heavy (non-hydrogen) atoms. The Bertz CT molecular complexity index is 337. The zero-order chi connectivity index (χ0) is 12.1. The van der Waals surface area contributed by atoms with Crippen molar-refractivity contribution in [1.29, 1.82) is 0 Å². The van der Waals surface area contributed by atoms with Crippen LogP contribution in [-0.4, -0.2) is 13.1 Å². The summed E-state index contributed by atoms with van der Waals surface area (Å²) in [6.45, 7) is 4.45. The summed E-state index contributed by atoms with van der Waals surface area (Å²) in [6.07, 6.45) is 2.06. The first kappa shape index (κ1) is 13.8. The van der Waals surface area contributed by atoms with Crippen molar-refractivity contribution in [1.82, 2.24) is 5.32 Å². The van der Waals surface area contributed by atoms with Crippen LogP contribution in [0.15, 0.2) is 18.2 Å². The molecule has 0 aromatic heterocycles. The zero-order valence-corrected chi connectivity index (χ0v) is 11.6. The molecule has 0 amide bonds. The van der Waals surface area contributed by atoms with Crippen molar-refractivity contribution in [3.63, 3.8) is 0 Å². The molecule has 1 aromatic carbocycles. The second-order valence-corrected chi connectivity index (χ2v) is 5.40. The van der Waals surface area contributed by atoms with Gasteiger partial charge in [0.05, 0.1) is 0 Å². The van der Waals surface area contributed by atoms with Crippen molar-refractivity contribution in [3.05, 3.63) is 33.8 Å². The van der Waals surface area contributed by atoms with Crippen molar-refractivity contribution in [2.24, 2.45) is 5.92 Å². The van der Waals surface area contributed by atoms with Gasteiger partial charge < -0.3 is 5.32 Å². The number of hydrogen-bond acceptors (Lipinski definition) is 1. The van der Waals surface area contributed by atoms with E-state index in [2.05, 4.69) is 19.2 Å². The fraction of sp³-hybridized carbons (Fsp3) is 0.538. The fourth-order valence-corrected chi connectivity index (χ4v) is 2.23. The van der Waals surface area contributed by atoms with Crippen LogP contribution in [0.25, 0.3) is 0 Å². The first-order chi connectivity index (χ1) is 7.52. The van der Waals surface area contributed by atoms with Crippen molar-refractivity contribution < 1.29 is 0 Å². The van der Waals surface area contributed by atoms with E-state index in [-0.39, 0.29) is 0 Å². The molecule has 0 fully saturated rings. The highest BCUT2D eigenvalue weighted by molar-refractivity contribution is 6.33. The third-order valence-corrected chi connectivity index (χ3v) is 3.24. The van der Waals surface area contributed by atoms with E-state index in [1.807, 2.05) is 25.2 Å². The molecule has 0 saturated carbocycles. The number of hydrogen-bond donors (Lipinski definition) is 1. The van der Waals surface area contributed by atoms with Gasteiger partial charge in [0.15, 0.2) is 0 Å². The van der Waals surface area contributed by atoms with Gasteiger partial charge in [-0.1, -0.05) is 37.0 Å². The fourth-order valence-electron chi connectivity index (χ4n) is 1.84. The van der Waals surface area contributed by atoms with E-state index in [1.165, 1.54) is 0 Å². The summed E-state index contributed by atoms with van der Waals surface area (Å²) in [6, 6.07) is 6.09. The minimum absolute atomic E-state index is 0.455. The zero-order valence-electron chi connectivity index (χ0n) is 10.1. The van der Waals surface area contributed by atoms with Crippen LogP contribution < -0.4 is 5.32 Å². The SMILES string of the molecule is CNC(Cc1cc(Cl)ccc1Cl)CC(C)C. The topological polar surface area (TPSA) is 12.0 Å². The normalized spacial score (nSPS) is 13.1. The standard InChI is InChI=1S/C13H19Cl2N/c1-9(2)6-12(16-3)8-10-7-11(14)4-5-13(10)15/h4-5,7,9,12,16H,6,8H2,1-3H3. The van der Waals surface area contributed by atoms with Gasteiger partial charge in [0.25, 0.3) is 0 Å². The van der Waals surface area contributed by atoms with E-state index < -0.39 is 0 Å². The highest BCUT2D eigenvalue weighted by Crippen LogP contribution is 2.23.